The van der Waals surface area contributed by atoms with Gasteiger partial charge >= 0.3 is 0 Å². The second kappa shape index (κ2) is 3.78. The molecule has 94 valence electrons. The number of carbonyl (C=O) groups is 2. The Morgan fingerprint density at radius 2 is 1.82 bits per heavy atom. The number of nitrogens with zero attached hydrogens (tertiary/aromatic N) is 1. The molecule has 2 amide bonds. The van der Waals surface area contributed by atoms with E-state index in [4.69, 9.17) is 4.74 Å². The van der Waals surface area contributed by atoms with Crippen molar-refractivity contribution in [2.75, 3.05) is 6.61 Å². The van der Waals surface area contributed by atoms with Crippen LogP contribution in [0.5, 0.6) is 0 Å². The van der Waals surface area contributed by atoms with Crippen molar-refractivity contribution in [3.8, 4) is 0 Å². The van der Waals surface area contributed by atoms with Gasteiger partial charge in [-0.05, 0) is 19.3 Å². The minimum Gasteiger partial charge on any atom is -0.394 e. The standard InChI is InChI=1S/C12H17NO4/c1-2-6(5-14)13-11(15)9-7-3-4-8(17-7)10(9)12(13)16/h6-10,14H,2-5H2,1H3/t6?,7-,8-,9?,10?/m1/s1. The van der Waals surface area contributed by atoms with Crippen molar-refractivity contribution in [3.05, 3.63) is 0 Å². The molecule has 0 spiro atoms. The lowest BCUT2D eigenvalue weighted by molar-refractivity contribution is -0.146. The minimum atomic E-state index is -0.361. The van der Waals surface area contributed by atoms with Gasteiger partial charge in [-0.25, -0.2) is 0 Å². The molecule has 3 unspecified atom stereocenters. The molecule has 2 bridgehead atoms. The number of imide groups is 1. The number of fused-ring (bicyclic) bond motifs is 5. The molecule has 0 aliphatic carbocycles. The molecule has 5 nitrogen and oxygen atoms in total. The predicted octanol–water partition coefficient (Wildman–Crippen LogP) is -0.0803. The Labute approximate surface area is 99.7 Å². The first-order valence-corrected chi connectivity index (χ1v) is 6.32. The lowest BCUT2D eigenvalue weighted by atomic mass is 9.81. The van der Waals surface area contributed by atoms with Crippen LogP contribution in [0.2, 0.25) is 0 Å². The molecule has 0 aromatic heterocycles. The fourth-order valence-electron chi connectivity index (χ4n) is 3.49. The smallest absolute Gasteiger partial charge is 0.236 e. The zero-order valence-electron chi connectivity index (χ0n) is 9.83. The highest BCUT2D eigenvalue weighted by Crippen LogP contribution is 2.48. The van der Waals surface area contributed by atoms with E-state index in [1.807, 2.05) is 6.92 Å². The fourth-order valence-corrected chi connectivity index (χ4v) is 3.49. The van der Waals surface area contributed by atoms with Crippen LogP contribution in [-0.4, -0.2) is 46.7 Å². The molecule has 0 aromatic carbocycles. The zero-order valence-corrected chi connectivity index (χ0v) is 9.83. The lowest BCUT2D eigenvalue weighted by Crippen LogP contribution is -2.44. The van der Waals surface area contributed by atoms with E-state index in [-0.39, 0.29) is 48.5 Å². The van der Waals surface area contributed by atoms with E-state index in [0.717, 1.165) is 12.8 Å². The monoisotopic (exact) mass is 239 g/mol. The number of aliphatic hydroxyl groups excluding tert-OH is 1. The average Bonchev–Trinajstić information content (AvgIpc) is 2.98. The van der Waals surface area contributed by atoms with Gasteiger partial charge in [-0.2, -0.15) is 0 Å². The number of likely N-dealkylation sites (tertiary alicyclic amines) is 1. The van der Waals surface area contributed by atoms with Gasteiger partial charge in [0, 0.05) is 0 Å². The fraction of sp³-hybridized carbons (Fsp3) is 0.833. The van der Waals surface area contributed by atoms with Crippen molar-refractivity contribution < 1.29 is 19.4 Å². The van der Waals surface area contributed by atoms with E-state index in [1.165, 1.54) is 4.90 Å². The quantitative estimate of drug-likeness (QED) is 0.699. The molecular weight excluding hydrogens is 222 g/mol. The number of amides is 2. The summed E-state index contributed by atoms with van der Waals surface area (Å²) in [4.78, 5) is 25.8. The van der Waals surface area contributed by atoms with E-state index in [1.54, 1.807) is 0 Å². The number of aliphatic hydroxyl groups is 1. The Hall–Kier alpha value is -0.940. The molecule has 3 fully saturated rings. The van der Waals surface area contributed by atoms with E-state index >= 15 is 0 Å². The molecule has 3 aliphatic heterocycles. The number of hydrogen-bond acceptors (Lipinski definition) is 4. The molecule has 3 saturated heterocycles. The molecule has 3 heterocycles. The van der Waals surface area contributed by atoms with E-state index < -0.39 is 0 Å². The van der Waals surface area contributed by atoms with Crippen LogP contribution in [0.3, 0.4) is 0 Å². The van der Waals surface area contributed by atoms with Crippen LogP contribution in [0.4, 0.5) is 0 Å². The highest BCUT2D eigenvalue weighted by Gasteiger charge is 2.63. The summed E-state index contributed by atoms with van der Waals surface area (Å²) in [5.74, 6) is -0.815. The minimum absolute atomic E-state index is 0.0670. The maximum absolute atomic E-state index is 12.3. The van der Waals surface area contributed by atoms with Gasteiger partial charge in [-0.1, -0.05) is 6.92 Å². The highest BCUT2D eigenvalue weighted by molar-refractivity contribution is 6.06. The molecular formula is C12H17NO4. The highest BCUT2D eigenvalue weighted by atomic mass is 16.5. The molecule has 0 saturated carbocycles. The summed E-state index contributed by atoms with van der Waals surface area (Å²) in [5, 5.41) is 9.26. The van der Waals surface area contributed by atoms with Crippen LogP contribution in [0, 0.1) is 11.8 Å². The van der Waals surface area contributed by atoms with Gasteiger partial charge in [0.25, 0.3) is 0 Å². The molecule has 0 aromatic rings. The molecule has 0 radical (unpaired) electrons. The third-order valence-electron chi connectivity index (χ3n) is 4.37. The van der Waals surface area contributed by atoms with Gasteiger partial charge in [-0.15, -0.1) is 0 Å². The van der Waals surface area contributed by atoms with Crippen LogP contribution in [0.25, 0.3) is 0 Å². The molecule has 5 heteroatoms. The summed E-state index contributed by atoms with van der Waals surface area (Å²) < 4.78 is 5.64. The summed E-state index contributed by atoms with van der Waals surface area (Å²) in [6, 6.07) is -0.361. The van der Waals surface area contributed by atoms with Crippen molar-refractivity contribution >= 4 is 11.8 Å². The largest absolute Gasteiger partial charge is 0.394 e. The summed E-state index contributed by atoms with van der Waals surface area (Å²) >= 11 is 0. The number of carbonyl (C=O) groups excluding carboxylic acids is 2. The normalized spacial score (nSPS) is 41.2. The molecule has 5 atom stereocenters. The summed E-state index contributed by atoms with van der Waals surface area (Å²) in [6.07, 6.45) is 2.23. The lowest BCUT2D eigenvalue weighted by Gasteiger charge is -2.25. The molecule has 1 N–H and O–H groups in total. The predicted molar refractivity (Wildman–Crippen MR) is 57.9 cm³/mol. The van der Waals surface area contributed by atoms with Crippen LogP contribution in [0.15, 0.2) is 0 Å². The number of ether oxygens (including phenoxy) is 1. The van der Waals surface area contributed by atoms with Crippen LogP contribution >= 0.6 is 0 Å². The van der Waals surface area contributed by atoms with E-state index in [2.05, 4.69) is 0 Å². The number of hydrogen-bond donors (Lipinski definition) is 1. The first-order valence-electron chi connectivity index (χ1n) is 6.32. The van der Waals surface area contributed by atoms with Gasteiger partial charge in [0.15, 0.2) is 0 Å². The number of rotatable bonds is 3. The average molecular weight is 239 g/mol. The topological polar surface area (TPSA) is 66.8 Å². The third-order valence-corrected chi connectivity index (χ3v) is 4.37. The summed E-state index contributed by atoms with van der Waals surface area (Å²) in [7, 11) is 0. The summed E-state index contributed by atoms with van der Waals surface area (Å²) in [5.41, 5.74) is 0. The van der Waals surface area contributed by atoms with Gasteiger partial charge in [0.2, 0.25) is 11.8 Å². The zero-order chi connectivity index (χ0) is 12.2. The van der Waals surface area contributed by atoms with Gasteiger partial charge in [0.1, 0.15) is 0 Å². The van der Waals surface area contributed by atoms with Crippen molar-refractivity contribution in [2.24, 2.45) is 11.8 Å². The van der Waals surface area contributed by atoms with E-state index in [0.29, 0.717) is 6.42 Å². The Bertz CT molecular complexity index is 338. The second-order valence-corrected chi connectivity index (χ2v) is 5.13. The van der Waals surface area contributed by atoms with Crippen molar-refractivity contribution in [2.45, 2.75) is 44.4 Å². The first kappa shape index (κ1) is 11.2. The maximum Gasteiger partial charge on any atom is 0.236 e. The van der Waals surface area contributed by atoms with Gasteiger partial charge in [0.05, 0.1) is 36.7 Å². The van der Waals surface area contributed by atoms with Crippen LogP contribution in [0.1, 0.15) is 26.2 Å². The van der Waals surface area contributed by atoms with Gasteiger partial charge < -0.3 is 9.84 Å². The first-order chi connectivity index (χ1) is 8.19. The third kappa shape index (κ3) is 1.32. The Kier molecular flexibility index (Phi) is 2.48. The molecule has 3 rings (SSSR count). The van der Waals surface area contributed by atoms with Gasteiger partial charge in [-0.3, -0.25) is 14.5 Å². The van der Waals surface area contributed by atoms with Crippen molar-refractivity contribution in [1.29, 1.82) is 0 Å². The SMILES string of the molecule is CCC(CO)N1C(=O)C2C(C1=O)[C@H]1CC[C@H]2O1. The summed E-state index contributed by atoms with van der Waals surface area (Å²) in [6.45, 7) is 1.73. The van der Waals surface area contributed by atoms with Crippen molar-refractivity contribution in [3.63, 3.8) is 0 Å². The second-order valence-electron chi connectivity index (χ2n) is 5.13. The van der Waals surface area contributed by atoms with E-state index in [9.17, 15) is 14.7 Å². The van der Waals surface area contributed by atoms with Crippen molar-refractivity contribution in [1.82, 2.24) is 4.90 Å². The molecule has 3 aliphatic rings. The Balaban J connectivity index is 1.90. The van der Waals surface area contributed by atoms with Crippen LogP contribution < -0.4 is 0 Å². The Morgan fingerprint density at radius 3 is 2.24 bits per heavy atom. The molecule has 17 heavy (non-hydrogen) atoms. The Morgan fingerprint density at radius 1 is 1.29 bits per heavy atom. The maximum atomic E-state index is 12.3. The van der Waals surface area contributed by atoms with Crippen LogP contribution in [-0.2, 0) is 14.3 Å².